The van der Waals surface area contributed by atoms with Crippen molar-refractivity contribution in [2.45, 2.75) is 19.3 Å². The highest BCUT2D eigenvalue weighted by Gasteiger charge is 2.41. The summed E-state index contributed by atoms with van der Waals surface area (Å²) in [4.78, 5) is 15.0. The van der Waals surface area contributed by atoms with Crippen molar-refractivity contribution >= 4 is 21.9 Å². The number of aromatic nitrogens is 3. The van der Waals surface area contributed by atoms with Gasteiger partial charge in [-0.3, -0.25) is 0 Å². The van der Waals surface area contributed by atoms with E-state index in [0.717, 1.165) is 38.6 Å². The molecule has 0 amide bonds. The van der Waals surface area contributed by atoms with Crippen molar-refractivity contribution in [3.05, 3.63) is 126 Å². The first-order valence-electron chi connectivity index (χ1n) is 13.6. The minimum Gasteiger partial charge on any atom is -0.456 e. The Morgan fingerprint density at radius 1 is 0.475 bits per heavy atom. The molecule has 0 spiro atoms. The summed E-state index contributed by atoms with van der Waals surface area (Å²) < 4.78 is 6.52. The molecule has 1 aliphatic carbocycles. The van der Waals surface area contributed by atoms with Crippen molar-refractivity contribution in [3.63, 3.8) is 0 Å². The summed E-state index contributed by atoms with van der Waals surface area (Å²) in [7, 11) is 0. The predicted octanol–water partition coefficient (Wildman–Crippen LogP) is 9.08. The highest BCUT2D eigenvalue weighted by molar-refractivity contribution is 6.09. The number of rotatable bonds is 3. The van der Waals surface area contributed by atoms with Crippen molar-refractivity contribution in [3.8, 4) is 45.3 Å². The van der Waals surface area contributed by atoms with Crippen LogP contribution in [0.2, 0.25) is 0 Å². The van der Waals surface area contributed by atoms with E-state index in [1.165, 1.54) is 22.3 Å². The zero-order chi connectivity index (χ0) is 26.8. The zero-order valence-corrected chi connectivity index (χ0v) is 22.2. The lowest BCUT2D eigenvalue weighted by Gasteiger charge is -2.24. The summed E-state index contributed by atoms with van der Waals surface area (Å²) in [5.41, 5.74) is 9.29. The van der Waals surface area contributed by atoms with Crippen molar-refractivity contribution in [2.75, 3.05) is 0 Å². The molecule has 4 heteroatoms. The number of benzene rings is 5. The topological polar surface area (TPSA) is 51.8 Å². The Bertz CT molecular complexity index is 2020. The molecule has 7 aromatic rings. The van der Waals surface area contributed by atoms with Gasteiger partial charge < -0.3 is 4.42 Å². The van der Waals surface area contributed by atoms with Gasteiger partial charge in [0.1, 0.15) is 11.2 Å². The normalized spacial score (nSPS) is 13.4. The largest absolute Gasteiger partial charge is 0.456 e. The first kappa shape index (κ1) is 22.9. The summed E-state index contributed by atoms with van der Waals surface area (Å²) in [5, 5.41) is 2.29. The molecular weight excluding hydrogens is 490 g/mol. The van der Waals surface area contributed by atoms with E-state index in [4.69, 9.17) is 19.4 Å². The van der Waals surface area contributed by atoms with E-state index in [1.54, 1.807) is 0 Å². The maximum absolute atomic E-state index is 6.52. The fourth-order valence-corrected chi connectivity index (χ4v) is 6.32. The van der Waals surface area contributed by atoms with Gasteiger partial charge in [0.25, 0.3) is 0 Å². The van der Waals surface area contributed by atoms with Crippen molar-refractivity contribution in [1.82, 2.24) is 15.0 Å². The molecule has 2 heterocycles. The molecule has 0 unspecified atom stereocenters. The monoisotopic (exact) mass is 515 g/mol. The number of hydrogen-bond donors (Lipinski definition) is 0. The van der Waals surface area contributed by atoms with E-state index < -0.39 is 0 Å². The predicted molar refractivity (Wildman–Crippen MR) is 161 cm³/mol. The average Bonchev–Trinajstić information content (AvgIpc) is 3.50. The van der Waals surface area contributed by atoms with Crippen LogP contribution in [0.1, 0.15) is 25.0 Å². The number of hydrogen-bond acceptors (Lipinski definition) is 4. The highest BCUT2D eigenvalue weighted by Crippen LogP contribution is 2.55. The van der Waals surface area contributed by atoms with E-state index in [2.05, 4.69) is 56.3 Å². The SMILES string of the molecule is CC1(C)c2c(-c3nc(-c4ccccc4)nc(-c4ccccc4)n3)cccc2-c2ccc3c(oc4ccccc43)c21. The number of furan rings is 1. The molecule has 4 nitrogen and oxygen atoms in total. The summed E-state index contributed by atoms with van der Waals surface area (Å²) in [6.07, 6.45) is 0. The molecule has 5 aromatic carbocycles. The summed E-state index contributed by atoms with van der Waals surface area (Å²) in [6, 6.07) is 39.4. The molecule has 1 aliphatic rings. The Hall–Kier alpha value is -5.09. The van der Waals surface area contributed by atoms with Crippen LogP contribution < -0.4 is 0 Å². The second-order valence-corrected chi connectivity index (χ2v) is 10.9. The number of para-hydroxylation sites is 1. The van der Waals surface area contributed by atoms with Gasteiger partial charge in [0.15, 0.2) is 17.5 Å². The maximum Gasteiger partial charge on any atom is 0.164 e. The molecule has 0 radical (unpaired) electrons. The second kappa shape index (κ2) is 8.45. The molecular formula is C36H25N3O. The van der Waals surface area contributed by atoms with Gasteiger partial charge in [0.2, 0.25) is 0 Å². The van der Waals surface area contributed by atoms with Gasteiger partial charge in [-0.25, -0.2) is 15.0 Å². The lowest BCUT2D eigenvalue weighted by atomic mass is 9.79. The summed E-state index contributed by atoms with van der Waals surface area (Å²) in [6.45, 7) is 4.57. The quantitative estimate of drug-likeness (QED) is 0.235. The molecule has 0 bridgehead atoms. The molecule has 0 aliphatic heterocycles. The molecule has 0 N–H and O–H groups in total. The van der Waals surface area contributed by atoms with Gasteiger partial charge in [0, 0.05) is 38.4 Å². The van der Waals surface area contributed by atoms with Crippen LogP contribution in [-0.2, 0) is 5.41 Å². The van der Waals surface area contributed by atoms with E-state index >= 15 is 0 Å². The third-order valence-corrected chi connectivity index (χ3v) is 8.09. The van der Waals surface area contributed by atoms with E-state index in [1.807, 2.05) is 72.8 Å². The van der Waals surface area contributed by atoms with Crippen LogP contribution in [0.5, 0.6) is 0 Å². The summed E-state index contributed by atoms with van der Waals surface area (Å²) in [5.74, 6) is 2.00. The lowest BCUT2D eigenvalue weighted by Crippen LogP contribution is -2.17. The molecule has 8 rings (SSSR count). The Morgan fingerprint density at radius 2 is 1.05 bits per heavy atom. The Morgan fingerprint density at radius 3 is 1.75 bits per heavy atom. The van der Waals surface area contributed by atoms with Crippen molar-refractivity contribution < 1.29 is 4.42 Å². The molecule has 2 aromatic heterocycles. The Kier molecular flexibility index (Phi) is 4.83. The highest BCUT2D eigenvalue weighted by atomic mass is 16.3. The molecule has 0 saturated heterocycles. The van der Waals surface area contributed by atoms with Crippen LogP contribution in [0.4, 0.5) is 0 Å². The van der Waals surface area contributed by atoms with Gasteiger partial charge in [-0.05, 0) is 28.8 Å². The van der Waals surface area contributed by atoms with E-state index in [0.29, 0.717) is 17.5 Å². The van der Waals surface area contributed by atoms with Gasteiger partial charge >= 0.3 is 0 Å². The van der Waals surface area contributed by atoms with Crippen LogP contribution in [-0.4, -0.2) is 15.0 Å². The van der Waals surface area contributed by atoms with Crippen LogP contribution in [0.25, 0.3) is 67.2 Å². The molecule has 40 heavy (non-hydrogen) atoms. The fraction of sp³-hybridized carbons (Fsp3) is 0.0833. The van der Waals surface area contributed by atoms with Crippen molar-refractivity contribution in [1.29, 1.82) is 0 Å². The average molecular weight is 516 g/mol. The molecule has 0 fully saturated rings. The zero-order valence-electron chi connectivity index (χ0n) is 22.2. The van der Waals surface area contributed by atoms with Crippen LogP contribution >= 0.6 is 0 Å². The minimum atomic E-state index is -0.332. The van der Waals surface area contributed by atoms with Gasteiger partial charge in [-0.15, -0.1) is 0 Å². The van der Waals surface area contributed by atoms with Crippen molar-refractivity contribution in [2.24, 2.45) is 0 Å². The van der Waals surface area contributed by atoms with Crippen LogP contribution in [0, 0.1) is 0 Å². The van der Waals surface area contributed by atoms with Gasteiger partial charge in [-0.2, -0.15) is 0 Å². The molecule has 0 saturated carbocycles. The summed E-state index contributed by atoms with van der Waals surface area (Å²) >= 11 is 0. The third kappa shape index (κ3) is 3.29. The number of nitrogens with zero attached hydrogens (tertiary/aromatic N) is 3. The maximum atomic E-state index is 6.52. The van der Waals surface area contributed by atoms with Crippen LogP contribution in [0.15, 0.2) is 120 Å². The van der Waals surface area contributed by atoms with Crippen LogP contribution in [0.3, 0.4) is 0 Å². The third-order valence-electron chi connectivity index (χ3n) is 8.09. The molecule has 190 valence electrons. The van der Waals surface area contributed by atoms with Gasteiger partial charge in [-0.1, -0.05) is 117 Å². The second-order valence-electron chi connectivity index (χ2n) is 10.9. The standard InChI is InChI=1S/C36H25N3O/c1-36(2)30-25(26-20-21-27-24-16-9-10-19-29(24)40-32(27)31(26)36)17-11-18-28(30)35-38-33(22-12-5-3-6-13-22)37-34(39-35)23-14-7-4-8-15-23/h3-21H,1-2H3. The molecule has 0 atom stereocenters. The smallest absolute Gasteiger partial charge is 0.164 e. The van der Waals surface area contributed by atoms with Gasteiger partial charge in [0.05, 0.1) is 0 Å². The first-order chi connectivity index (χ1) is 19.6. The van der Waals surface area contributed by atoms with E-state index in [9.17, 15) is 0 Å². The Balaban J connectivity index is 1.39. The first-order valence-corrected chi connectivity index (χ1v) is 13.6. The lowest BCUT2D eigenvalue weighted by molar-refractivity contribution is 0.620. The minimum absolute atomic E-state index is 0.332. The Labute approximate surface area is 232 Å². The fourth-order valence-electron chi connectivity index (χ4n) is 6.32. The van der Waals surface area contributed by atoms with E-state index in [-0.39, 0.29) is 5.41 Å². The number of fused-ring (bicyclic) bond motifs is 7.